The molecule has 0 amide bonds. The van der Waals surface area contributed by atoms with Gasteiger partial charge in [0, 0.05) is 12.6 Å². The van der Waals surface area contributed by atoms with E-state index in [-0.39, 0.29) is 0 Å². The van der Waals surface area contributed by atoms with Gasteiger partial charge in [0.25, 0.3) is 0 Å². The molecule has 0 aromatic carbocycles. The minimum Gasteiger partial charge on any atom is -0.330 e. The summed E-state index contributed by atoms with van der Waals surface area (Å²) >= 11 is 0. The van der Waals surface area contributed by atoms with Gasteiger partial charge in [0.05, 0.1) is 0 Å². The van der Waals surface area contributed by atoms with Crippen LogP contribution >= 0.6 is 0 Å². The summed E-state index contributed by atoms with van der Waals surface area (Å²) in [6.07, 6.45) is 8.33. The predicted molar refractivity (Wildman–Crippen MR) is 69.4 cm³/mol. The van der Waals surface area contributed by atoms with Gasteiger partial charge < -0.3 is 5.73 Å². The lowest BCUT2D eigenvalue weighted by atomic mass is 9.85. The highest BCUT2D eigenvalue weighted by atomic mass is 15.2. The van der Waals surface area contributed by atoms with Gasteiger partial charge in [0.15, 0.2) is 0 Å². The Kier molecular flexibility index (Phi) is 3.91. The molecule has 2 fully saturated rings. The van der Waals surface area contributed by atoms with Crippen LogP contribution in [0.5, 0.6) is 0 Å². The zero-order valence-corrected chi connectivity index (χ0v) is 11.0. The molecule has 2 heteroatoms. The molecule has 1 saturated heterocycles. The second-order valence-corrected chi connectivity index (χ2v) is 6.34. The van der Waals surface area contributed by atoms with Crippen LogP contribution in [0.25, 0.3) is 0 Å². The summed E-state index contributed by atoms with van der Waals surface area (Å²) in [5.41, 5.74) is 6.51. The number of hydrogen-bond acceptors (Lipinski definition) is 2. The normalized spacial score (nSPS) is 30.4. The predicted octanol–water partition coefficient (Wildman–Crippen LogP) is 2.63. The van der Waals surface area contributed by atoms with Crippen molar-refractivity contribution in [1.82, 2.24) is 4.90 Å². The highest BCUT2D eigenvalue weighted by molar-refractivity contribution is 4.92. The maximum absolute atomic E-state index is 6.04. The second kappa shape index (κ2) is 5.05. The van der Waals surface area contributed by atoms with Gasteiger partial charge in [-0.05, 0) is 50.1 Å². The third-order valence-corrected chi connectivity index (χ3v) is 4.82. The van der Waals surface area contributed by atoms with E-state index in [2.05, 4.69) is 18.7 Å². The van der Waals surface area contributed by atoms with Crippen LogP contribution in [-0.4, -0.2) is 30.6 Å². The lowest BCUT2D eigenvalue weighted by Crippen LogP contribution is -2.44. The molecule has 1 unspecified atom stereocenters. The molecule has 2 rings (SSSR count). The Morgan fingerprint density at radius 1 is 1.25 bits per heavy atom. The van der Waals surface area contributed by atoms with Gasteiger partial charge in [0.2, 0.25) is 0 Å². The molecule has 1 atom stereocenters. The average molecular weight is 224 g/mol. The topological polar surface area (TPSA) is 29.3 Å². The second-order valence-electron chi connectivity index (χ2n) is 6.34. The van der Waals surface area contributed by atoms with Crippen LogP contribution in [-0.2, 0) is 0 Å². The zero-order chi connectivity index (χ0) is 11.6. The molecular formula is C14H28N2. The quantitative estimate of drug-likeness (QED) is 0.795. The number of rotatable bonds is 4. The summed E-state index contributed by atoms with van der Waals surface area (Å²) in [5, 5.41) is 0. The van der Waals surface area contributed by atoms with Crippen molar-refractivity contribution >= 4 is 0 Å². The number of hydrogen-bond donors (Lipinski definition) is 1. The Balaban J connectivity index is 1.97. The van der Waals surface area contributed by atoms with Crippen LogP contribution in [0.15, 0.2) is 0 Å². The van der Waals surface area contributed by atoms with E-state index in [1.54, 1.807) is 0 Å². The minimum absolute atomic E-state index is 0.470. The molecule has 16 heavy (non-hydrogen) atoms. The average Bonchev–Trinajstić information content (AvgIpc) is 2.88. The fourth-order valence-electron chi connectivity index (χ4n) is 3.79. The van der Waals surface area contributed by atoms with Gasteiger partial charge in [-0.1, -0.05) is 26.7 Å². The molecule has 1 heterocycles. The molecule has 0 radical (unpaired) electrons. The van der Waals surface area contributed by atoms with Crippen molar-refractivity contribution in [2.75, 3.05) is 19.6 Å². The first-order chi connectivity index (χ1) is 7.67. The van der Waals surface area contributed by atoms with Gasteiger partial charge in [-0.15, -0.1) is 0 Å². The van der Waals surface area contributed by atoms with Crippen molar-refractivity contribution in [2.45, 2.75) is 58.4 Å². The van der Waals surface area contributed by atoms with Crippen LogP contribution in [0.3, 0.4) is 0 Å². The standard InChI is InChI=1S/C14H28N2/c1-12(2)13-6-5-9-16(13)11-14(10-15)7-3-4-8-14/h12-13H,3-11,15H2,1-2H3. The van der Waals surface area contributed by atoms with Crippen LogP contribution in [0.4, 0.5) is 0 Å². The molecule has 2 nitrogen and oxygen atoms in total. The first-order valence-corrected chi connectivity index (χ1v) is 7.11. The van der Waals surface area contributed by atoms with E-state index in [9.17, 15) is 0 Å². The van der Waals surface area contributed by atoms with Crippen molar-refractivity contribution in [2.24, 2.45) is 17.1 Å². The molecule has 1 saturated carbocycles. The first-order valence-electron chi connectivity index (χ1n) is 7.11. The van der Waals surface area contributed by atoms with Crippen molar-refractivity contribution < 1.29 is 0 Å². The SMILES string of the molecule is CC(C)C1CCCN1CC1(CN)CCCC1. The summed E-state index contributed by atoms with van der Waals surface area (Å²) in [6.45, 7) is 8.21. The van der Waals surface area contributed by atoms with Crippen molar-refractivity contribution in [3.63, 3.8) is 0 Å². The maximum atomic E-state index is 6.04. The number of nitrogens with two attached hydrogens (primary N) is 1. The third kappa shape index (κ3) is 2.43. The van der Waals surface area contributed by atoms with E-state index < -0.39 is 0 Å². The number of nitrogens with zero attached hydrogens (tertiary/aromatic N) is 1. The summed E-state index contributed by atoms with van der Waals surface area (Å²) in [4.78, 5) is 2.74. The van der Waals surface area contributed by atoms with E-state index in [1.165, 1.54) is 51.6 Å². The minimum atomic E-state index is 0.470. The van der Waals surface area contributed by atoms with Gasteiger partial charge in [-0.2, -0.15) is 0 Å². The Morgan fingerprint density at radius 2 is 1.94 bits per heavy atom. The van der Waals surface area contributed by atoms with Gasteiger partial charge in [0.1, 0.15) is 0 Å². The summed E-state index contributed by atoms with van der Waals surface area (Å²) < 4.78 is 0. The van der Waals surface area contributed by atoms with Crippen molar-refractivity contribution in [3.8, 4) is 0 Å². The highest BCUT2D eigenvalue weighted by Crippen LogP contribution is 2.39. The monoisotopic (exact) mass is 224 g/mol. The Bertz CT molecular complexity index is 219. The van der Waals surface area contributed by atoms with E-state index in [0.717, 1.165) is 18.5 Å². The molecule has 1 aliphatic heterocycles. The number of likely N-dealkylation sites (tertiary alicyclic amines) is 1. The Morgan fingerprint density at radius 3 is 2.50 bits per heavy atom. The summed E-state index contributed by atoms with van der Waals surface area (Å²) in [6, 6.07) is 0.823. The molecule has 1 aliphatic carbocycles. The van der Waals surface area contributed by atoms with Crippen molar-refractivity contribution in [1.29, 1.82) is 0 Å². The Hall–Kier alpha value is -0.0800. The smallest absolute Gasteiger partial charge is 0.0119 e. The van der Waals surface area contributed by atoms with Crippen molar-refractivity contribution in [3.05, 3.63) is 0 Å². The molecule has 2 aliphatic rings. The highest BCUT2D eigenvalue weighted by Gasteiger charge is 2.37. The van der Waals surface area contributed by atoms with Crippen LogP contribution < -0.4 is 5.73 Å². The van der Waals surface area contributed by atoms with Gasteiger partial charge in [-0.3, -0.25) is 4.90 Å². The fourth-order valence-corrected chi connectivity index (χ4v) is 3.79. The van der Waals surface area contributed by atoms with Gasteiger partial charge in [-0.25, -0.2) is 0 Å². The maximum Gasteiger partial charge on any atom is 0.0119 e. The van der Waals surface area contributed by atoms with E-state index in [0.29, 0.717) is 5.41 Å². The summed E-state index contributed by atoms with van der Waals surface area (Å²) in [5.74, 6) is 0.804. The summed E-state index contributed by atoms with van der Waals surface area (Å²) in [7, 11) is 0. The molecule has 94 valence electrons. The lowest BCUT2D eigenvalue weighted by molar-refractivity contribution is 0.124. The first kappa shape index (κ1) is 12.4. The molecule has 0 aromatic rings. The van der Waals surface area contributed by atoms with Gasteiger partial charge >= 0.3 is 0 Å². The molecule has 0 aromatic heterocycles. The lowest BCUT2D eigenvalue weighted by Gasteiger charge is -2.36. The Labute approximate surface area is 101 Å². The zero-order valence-electron chi connectivity index (χ0n) is 11.0. The van der Waals surface area contributed by atoms with Crippen LogP contribution in [0.1, 0.15) is 52.4 Å². The fraction of sp³-hybridized carbons (Fsp3) is 1.00. The van der Waals surface area contributed by atoms with Crippen LogP contribution in [0.2, 0.25) is 0 Å². The molecular weight excluding hydrogens is 196 g/mol. The van der Waals surface area contributed by atoms with Crippen LogP contribution in [0, 0.1) is 11.3 Å². The molecule has 0 bridgehead atoms. The van der Waals surface area contributed by atoms with E-state index in [4.69, 9.17) is 5.73 Å². The van der Waals surface area contributed by atoms with E-state index in [1.807, 2.05) is 0 Å². The third-order valence-electron chi connectivity index (χ3n) is 4.82. The molecule has 0 spiro atoms. The van der Waals surface area contributed by atoms with E-state index >= 15 is 0 Å². The molecule has 2 N–H and O–H groups in total. The largest absolute Gasteiger partial charge is 0.330 e.